The minimum Gasteiger partial charge on any atom is -0.467 e. The number of carbonyl (C=O) groups excluding carboxylic acids is 4. The van der Waals surface area contributed by atoms with Crippen molar-refractivity contribution in [3.05, 3.63) is 11.6 Å². The van der Waals surface area contributed by atoms with Gasteiger partial charge in [-0.2, -0.15) is 0 Å². The Morgan fingerprint density at radius 3 is 2.29 bits per heavy atom. The predicted octanol–water partition coefficient (Wildman–Crippen LogP) is 1.57. The van der Waals surface area contributed by atoms with E-state index in [2.05, 4.69) is 5.32 Å². The van der Waals surface area contributed by atoms with Crippen molar-refractivity contribution in [3.8, 4) is 0 Å². The SMILES string of the molecule is COC(=O)[C@@H]1C[C@@H](O)CN1C(=O)C(C)=C[C@H](C(C)C)N(C)C(=O)[C@@H](NC(=O)[C@H]1CCCCN1C)C(C)(C)C. The minimum atomic E-state index is -0.846. The summed E-state index contributed by atoms with van der Waals surface area (Å²) >= 11 is 0. The molecule has 2 aliphatic rings. The largest absolute Gasteiger partial charge is 0.467 e. The molecule has 2 heterocycles. The molecule has 216 valence electrons. The minimum absolute atomic E-state index is 0.0342. The van der Waals surface area contributed by atoms with Gasteiger partial charge in [0.1, 0.15) is 12.1 Å². The molecule has 0 bridgehead atoms. The van der Waals surface area contributed by atoms with Gasteiger partial charge in [-0.05, 0) is 44.7 Å². The van der Waals surface area contributed by atoms with Crippen molar-refractivity contribution in [2.24, 2.45) is 11.3 Å². The van der Waals surface area contributed by atoms with E-state index in [9.17, 15) is 24.3 Å². The van der Waals surface area contributed by atoms with E-state index in [1.165, 1.54) is 12.0 Å². The lowest BCUT2D eigenvalue weighted by Gasteiger charge is -2.39. The van der Waals surface area contributed by atoms with E-state index in [-0.39, 0.29) is 42.6 Å². The van der Waals surface area contributed by atoms with E-state index < -0.39 is 35.6 Å². The molecule has 0 aromatic carbocycles. The van der Waals surface area contributed by atoms with Gasteiger partial charge in [-0.25, -0.2) is 4.79 Å². The second kappa shape index (κ2) is 13.1. The second-order valence-electron chi connectivity index (χ2n) is 12.2. The van der Waals surface area contributed by atoms with E-state index in [4.69, 9.17) is 4.74 Å². The van der Waals surface area contributed by atoms with Crippen LogP contribution < -0.4 is 5.32 Å². The van der Waals surface area contributed by atoms with Crippen LogP contribution in [-0.2, 0) is 23.9 Å². The van der Waals surface area contributed by atoms with Gasteiger partial charge in [-0.1, -0.05) is 47.1 Å². The highest BCUT2D eigenvalue weighted by molar-refractivity contribution is 5.96. The lowest BCUT2D eigenvalue weighted by Crippen LogP contribution is -2.59. The first-order valence-electron chi connectivity index (χ1n) is 13.6. The van der Waals surface area contributed by atoms with Gasteiger partial charge in [0, 0.05) is 25.6 Å². The summed E-state index contributed by atoms with van der Waals surface area (Å²) in [5.74, 6) is -1.36. The van der Waals surface area contributed by atoms with Crippen LogP contribution >= 0.6 is 0 Å². The second-order valence-corrected chi connectivity index (χ2v) is 12.2. The number of esters is 1. The number of methoxy groups -OCH3 is 1. The van der Waals surface area contributed by atoms with Gasteiger partial charge in [0.05, 0.1) is 25.3 Å². The summed E-state index contributed by atoms with van der Waals surface area (Å²) in [7, 11) is 4.88. The van der Waals surface area contributed by atoms with Gasteiger partial charge in [-0.3, -0.25) is 19.3 Å². The molecule has 0 aromatic heterocycles. The van der Waals surface area contributed by atoms with E-state index in [0.717, 1.165) is 25.8 Å². The number of amides is 3. The molecule has 0 unspecified atom stereocenters. The monoisotopic (exact) mass is 536 g/mol. The number of carbonyl (C=O) groups is 4. The summed E-state index contributed by atoms with van der Waals surface area (Å²) in [4.78, 5) is 57.5. The number of hydrogen-bond donors (Lipinski definition) is 2. The Hall–Kier alpha value is -2.46. The molecule has 2 fully saturated rings. The van der Waals surface area contributed by atoms with Gasteiger partial charge in [-0.15, -0.1) is 0 Å². The van der Waals surface area contributed by atoms with Crippen LogP contribution in [0.5, 0.6) is 0 Å². The number of ether oxygens (including phenoxy) is 1. The van der Waals surface area contributed by atoms with Crippen molar-refractivity contribution in [1.29, 1.82) is 0 Å². The highest BCUT2D eigenvalue weighted by Gasteiger charge is 2.41. The van der Waals surface area contributed by atoms with Crippen LogP contribution in [0, 0.1) is 11.3 Å². The molecule has 0 spiro atoms. The molecule has 2 aliphatic heterocycles. The number of likely N-dealkylation sites (tertiary alicyclic amines) is 2. The first-order valence-corrected chi connectivity index (χ1v) is 13.6. The normalized spacial score (nSPS) is 24.7. The zero-order valence-electron chi connectivity index (χ0n) is 24.6. The van der Waals surface area contributed by atoms with Gasteiger partial charge >= 0.3 is 5.97 Å². The molecule has 0 radical (unpaired) electrons. The molecule has 10 nitrogen and oxygen atoms in total. The summed E-state index contributed by atoms with van der Waals surface area (Å²) in [6.07, 6.45) is 3.86. The molecule has 5 atom stereocenters. The van der Waals surface area contributed by atoms with Gasteiger partial charge in [0.15, 0.2) is 0 Å². The number of nitrogens with one attached hydrogen (secondary N) is 1. The number of likely N-dealkylation sites (N-methyl/N-ethyl adjacent to an activating group) is 2. The zero-order chi connectivity index (χ0) is 28.9. The number of β-amino-alcohol motifs (C(OH)–C–C–N with tert-alkyl or cyclic N) is 1. The van der Waals surface area contributed by atoms with Crippen LogP contribution in [-0.4, -0.2) is 108 Å². The molecule has 0 aromatic rings. The third-order valence-electron chi connectivity index (χ3n) is 7.72. The number of aliphatic hydroxyl groups excluding tert-OH is 1. The summed E-state index contributed by atoms with van der Waals surface area (Å²) in [5.41, 5.74) is -0.171. The van der Waals surface area contributed by atoms with E-state index in [1.54, 1.807) is 24.9 Å². The fourth-order valence-corrected chi connectivity index (χ4v) is 5.35. The van der Waals surface area contributed by atoms with Crippen molar-refractivity contribution in [2.45, 2.75) is 97.5 Å². The van der Waals surface area contributed by atoms with E-state index in [0.29, 0.717) is 5.57 Å². The van der Waals surface area contributed by atoms with Gasteiger partial charge < -0.3 is 25.0 Å². The molecule has 10 heteroatoms. The van der Waals surface area contributed by atoms with Crippen molar-refractivity contribution in [3.63, 3.8) is 0 Å². The van der Waals surface area contributed by atoms with Crippen LogP contribution in [0.1, 0.15) is 67.2 Å². The number of nitrogens with zero attached hydrogens (tertiary/aromatic N) is 3. The maximum absolute atomic E-state index is 13.8. The first kappa shape index (κ1) is 31.8. The van der Waals surface area contributed by atoms with Crippen molar-refractivity contribution < 1.29 is 29.0 Å². The van der Waals surface area contributed by atoms with Crippen molar-refractivity contribution >= 4 is 23.7 Å². The van der Waals surface area contributed by atoms with Crippen LogP contribution in [0.3, 0.4) is 0 Å². The Balaban J connectivity index is 2.27. The number of piperidine rings is 1. The molecular weight excluding hydrogens is 488 g/mol. The quantitative estimate of drug-likeness (QED) is 0.357. The number of rotatable bonds is 8. The maximum atomic E-state index is 13.8. The van der Waals surface area contributed by atoms with Gasteiger partial charge in [0.2, 0.25) is 17.7 Å². The molecule has 0 saturated carbocycles. The van der Waals surface area contributed by atoms with Crippen LogP contribution in [0.15, 0.2) is 11.6 Å². The van der Waals surface area contributed by atoms with Crippen LogP contribution in [0.25, 0.3) is 0 Å². The van der Waals surface area contributed by atoms with Crippen LogP contribution in [0.4, 0.5) is 0 Å². The standard InChI is InChI=1S/C28H48N4O6/c1-17(2)21(14-18(3)25(35)32-16-19(33)15-22(32)27(37)38-9)31(8)26(36)23(28(4,5)6)29-24(34)20-12-10-11-13-30(20)7/h14,17,19-23,33H,10-13,15-16H2,1-9H3,(H,29,34)/t19-,20-,21-,22+,23-/m1/s1. The average Bonchev–Trinajstić information content (AvgIpc) is 3.24. The lowest BCUT2D eigenvalue weighted by molar-refractivity contribution is -0.149. The van der Waals surface area contributed by atoms with Crippen LogP contribution in [0.2, 0.25) is 0 Å². The number of aliphatic hydroxyl groups is 1. The Morgan fingerprint density at radius 1 is 1.13 bits per heavy atom. The number of hydrogen-bond acceptors (Lipinski definition) is 7. The topological polar surface area (TPSA) is 119 Å². The summed E-state index contributed by atoms with van der Waals surface area (Å²) in [6.45, 7) is 12.2. The zero-order valence-corrected chi connectivity index (χ0v) is 24.6. The van der Waals surface area contributed by atoms with Crippen molar-refractivity contribution in [2.75, 3.05) is 34.3 Å². The third kappa shape index (κ3) is 7.56. The smallest absolute Gasteiger partial charge is 0.328 e. The predicted molar refractivity (Wildman–Crippen MR) is 145 cm³/mol. The fraction of sp³-hybridized carbons (Fsp3) is 0.786. The Morgan fingerprint density at radius 2 is 1.76 bits per heavy atom. The molecule has 2 N–H and O–H groups in total. The van der Waals surface area contributed by atoms with E-state index >= 15 is 0 Å². The Labute approximate surface area is 227 Å². The lowest BCUT2D eigenvalue weighted by atomic mass is 9.84. The summed E-state index contributed by atoms with van der Waals surface area (Å²) < 4.78 is 4.82. The Bertz CT molecular complexity index is 912. The Kier molecular flexibility index (Phi) is 10.9. The first-order chi connectivity index (χ1) is 17.6. The maximum Gasteiger partial charge on any atom is 0.328 e. The molecule has 38 heavy (non-hydrogen) atoms. The summed E-state index contributed by atoms with van der Waals surface area (Å²) in [6, 6.07) is -2.29. The molecule has 3 amide bonds. The molecular formula is C28H48N4O6. The highest BCUT2D eigenvalue weighted by atomic mass is 16.5. The fourth-order valence-electron chi connectivity index (χ4n) is 5.35. The third-order valence-corrected chi connectivity index (χ3v) is 7.72. The van der Waals surface area contributed by atoms with Crippen molar-refractivity contribution in [1.82, 2.24) is 20.0 Å². The molecule has 2 saturated heterocycles. The molecule has 0 aliphatic carbocycles. The van der Waals surface area contributed by atoms with E-state index in [1.807, 2.05) is 46.6 Å². The molecule has 2 rings (SSSR count). The average molecular weight is 537 g/mol. The van der Waals surface area contributed by atoms with Gasteiger partial charge in [0.25, 0.3) is 0 Å². The summed E-state index contributed by atoms with van der Waals surface area (Å²) in [5, 5.41) is 13.1. The highest BCUT2D eigenvalue weighted by Crippen LogP contribution is 2.26.